The third kappa shape index (κ3) is 5.96. The zero-order chi connectivity index (χ0) is 18.2. The van der Waals surface area contributed by atoms with E-state index < -0.39 is 31.5 Å². The number of carbonyl (C=O) groups excluding carboxylic acids is 2. The summed E-state index contributed by atoms with van der Waals surface area (Å²) < 4.78 is 32.2. The van der Waals surface area contributed by atoms with Crippen molar-refractivity contribution in [2.45, 2.75) is 32.3 Å². The number of nitrogens with one attached hydrogen (secondary N) is 1. The van der Waals surface area contributed by atoms with E-state index in [9.17, 15) is 14.2 Å². The first-order valence-corrected chi connectivity index (χ1v) is 8.82. The molecule has 9 heteroatoms. The Morgan fingerprint density at radius 2 is 1.79 bits per heavy atom. The van der Waals surface area contributed by atoms with Gasteiger partial charge in [-0.1, -0.05) is 30.3 Å². The van der Waals surface area contributed by atoms with E-state index in [0.717, 1.165) is 12.7 Å². The molecule has 3 atom stereocenters. The lowest BCUT2D eigenvalue weighted by molar-refractivity contribution is -0.148. The van der Waals surface area contributed by atoms with Crippen LogP contribution >= 0.6 is 7.60 Å². The molecule has 0 saturated heterocycles. The fourth-order valence-corrected chi connectivity index (χ4v) is 3.11. The number of methoxy groups -OCH3 is 1. The van der Waals surface area contributed by atoms with Crippen LogP contribution in [0, 0.1) is 0 Å². The highest BCUT2D eigenvalue weighted by atomic mass is 31.2. The van der Waals surface area contributed by atoms with Gasteiger partial charge in [0, 0.05) is 7.11 Å². The summed E-state index contributed by atoms with van der Waals surface area (Å²) in [4.78, 5) is 23.2. The number of esters is 1. The Morgan fingerprint density at radius 3 is 2.33 bits per heavy atom. The Balaban J connectivity index is 2.59. The Hall–Kier alpha value is -1.89. The van der Waals surface area contributed by atoms with Crippen LogP contribution in [0.25, 0.3) is 0 Å². The van der Waals surface area contributed by atoms with Gasteiger partial charge in [0.15, 0.2) is 6.10 Å². The number of rotatable bonds is 8. The molecule has 1 rings (SSSR count). The molecule has 0 aromatic heterocycles. The normalized spacial score (nSPS) is 15.7. The van der Waals surface area contributed by atoms with Gasteiger partial charge >= 0.3 is 19.7 Å². The molecule has 0 aliphatic heterocycles. The summed E-state index contributed by atoms with van der Waals surface area (Å²) in [5.74, 6) is -1.72. The Bertz CT molecular complexity index is 593. The molecule has 0 aliphatic rings. The van der Waals surface area contributed by atoms with Crippen molar-refractivity contribution >= 4 is 19.7 Å². The Labute approximate surface area is 141 Å². The van der Waals surface area contributed by atoms with Gasteiger partial charge in [-0.25, -0.2) is 9.59 Å². The van der Waals surface area contributed by atoms with Gasteiger partial charge in [-0.2, -0.15) is 0 Å². The van der Waals surface area contributed by atoms with Crippen LogP contribution in [0.3, 0.4) is 0 Å². The topological polar surface area (TPSA) is 100 Å². The maximum atomic E-state index is 12.6. The second kappa shape index (κ2) is 9.42. The predicted molar refractivity (Wildman–Crippen MR) is 86.4 cm³/mol. The van der Waals surface area contributed by atoms with E-state index >= 15 is 0 Å². The molecule has 1 aromatic rings. The van der Waals surface area contributed by atoms with Gasteiger partial charge < -0.3 is 19.3 Å². The molecule has 0 heterocycles. The van der Waals surface area contributed by atoms with Gasteiger partial charge in [0.05, 0.1) is 7.11 Å². The van der Waals surface area contributed by atoms with Crippen molar-refractivity contribution < 1.29 is 32.7 Å². The average Bonchev–Trinajstić information content (AvgIpc) is 2.59. The summed E-state index contributed by atoms with van der Waals surface area (Å²) in [7, 11) is -1.43. The summed E-state index contributed by atoms with van der Waals surface area (Å²) in [6, 6.07) is 9.09. The number of carbonyl (C=O) groups is 2. The molecule has 1 aromatic carbocycles. The molecule has 1 unspecified atom stereocenters. The minimum Gasteiger partial charge on any atom is -0.467 e. The number of amides is 1. The second-order valence-corrected chi connectivity index (χ2v) is 7.31. The minimum atomic E-state index is -3.78. The van der Waals surface area contributed by atoms with Gasteiger partial charge in [-0.05, 0) is 19.4 Å². The first kappa shape index (κ1) is 20.2. The van der Waals surface area contributed by atoms with E-state index in [4.69, 9.17) is 13.8 Å². The van der Waals surface area contributed by atoms with Crippen molar-refractivity contribution in [1.29, 1.82) is 0 Å². The maximum absolute atomic E-state index is 12.6. The van der Waals surface area contributed by atoms with Crippen LogP contribution in [0.2, 0.25) is 0 Å². The smallest absolute Gasteiger partial charge is 0.408 e. The van der Waals surface area contributed by atoms with E-state index in [1.165, 1.54) is 21.0 Å². The molecule has 1 amide bonds. The number of alkyl carbamates (subject to hydrolysis) is 1. The van der Waals surface area contributed by atoms with Crippen molar-refractivity contribution in [2.75, 3.05) is 14.2 Å². The first-order chi connectivity index (χ1) is 11.3. The number of hydrogen-bond acceptors (Lipinski definition) is 7. The van der Waals surface area contributed by atoms with Crippen LogP contribution in [-0.2, 0) is 34.5 Å². The summed E-state index contributed by atoms with van der Waals surface area (Å²) >= 11 is 0. The molecule has 0 spiro atoms. The largest absolute Gasteiger partial charge is 0.467 e. The molecule has 0 saturated carbocycles. The average molecular weight is 359 g/mol. The number of benzene rings is 1. The van der Waals surface area contributed by atoms with Crippen LogP contribution in [0.15, 0.2) is 30.3 Å². The summed E-state index contributed by atoms with van der Waals surface area (Å²) in [6.45, 7) is 2.87. The second-order valence-electron chi connectivity index (χ2n) is 4.88. The van der Waals surface area contributed by atoms with Crippen LogP contribution in [-0.4, -0.2) is 38.2 Å². The quantitative estimate of drug-likeness (QED) is 0.562. The SMILES string of the molecule is COC(=O)[C@H](C)OP(=O)(OC)[C@H](C)NC(=O)OCc1ccccc1. The number of ether oxygens (including phenoxy) is 2. The Morgan fingerprint density at radius 1 is 1.17 bits per heavy atom. The van der Waals surface area contributed by atoms with Crippen molar-refractivity contribution in [3.8, 4) is 0 Å². The molecule has 0 bridgehead atoms. The predicted octanol–water partition coefficient (Wildman–Crippen LogP) is 2.68. The highest BCUT2D eigenvalue weighted by Crippen LogP contribution is 2.52. The van der Waals surface area contributed by atoms with E-state index in [-0.39, 0.29) is 6.61 Å². The van der Waals surface area contributed by atoms with Crippen LogP contribution < -0.4 is 5.32 Å². The molecule has 0 radical (unpaired) electrons. The highest BCUT2D eigenvalue weighted by Gasteiger charge is 2.37. The summed E-state index contributed by atoms with van der Waals surface area (Å²) in [5, 5.41) is 2.38. The third-order valence-electron chi connectivity index (χ3n) is 3.11. The molecule has 1 N–H and O–H groups in total. The van der Waals surface area contributed by atoms with E-state index in [0.29, 0.717) is 0 Å². The lowest BCUT2D eigenvalue weighted by Gasteiger charge is -2.25. The maximum Gasteiger partial charge on any atom is 0.408 e. The van der Waals surface area contributed by atoms with Gasteiger partial charge in [0.25, 0.3) is 0 Å². The standard InChI is InChI=1S/C15H22NO7P/c1-11(14(17)20-3)23-24(19,21-4)12(2)16-15(18)22-10-13-8-6-5-7-9-13/h5-9,11-12H,10H2,1-4H3,(H,16,18)/t11-,12+,24?/m0/s1. The molecular weight excluding hydrogens is 337 g/mol. The van der Waals surface area contributed by atoms with Crippen molar-refractivity contribution in [2.24, 2.45) is 0 Å². The highest BCUT2D eigenvalue weighted by molar-refractivity contribution is 7.54. The number of hydrogen-bond donors (Lipinski definition) is 1. The van der Waals surface area contributed by atoms with Crippen molar-refractivity contribution in [3.63, 3.8) is 0 Å². The monoisotopic (exact) mass is 359 g/mol. The summed E-state index contributed by atoms with van der Waals surface area (Å²) in [5.41, 5.74) is 0.811. The molecule has 0 aliphatic carbocycles. The van der Waals surface area contributed by atoms with Gasteiger partial charge in [0.2, 0.25) is 0 Å². The molecule has 134 valence electrons. The van der Waals surface area contributed by atoms with E-state index in [1.54, 1.807) is 12.1 Å². The van der Waals surface area contributed by atoms with Crippen LogP contribution in [0.4, 0.5) is 4.79 Å². The lowest BCUT2D eigenvalue weighted by atomic mass is 10.2. The first-order valence-electron chi connectivity index (χ1n) is 7.21. The van der Waals surface area contributed by atoms with Gasteiger partial charge in [0.1, 0.15) is 12.4 Å². The molecule has 8 nitrogen and oxygen atoms in total. The zero-order valence-corrected chi connectivity index (χ0v) is 14.9. The van der Waals surface area contributed by atoms with Crippen LogP contribution in [0.1, 0.15) is 19.4 Å². The summed E-state index contributed by atoms with van der Waals surface area (Å²) in [6.07, 6.45) is -1.89. The van der Waals surface area contributed by atoms with E-state index in [1.807, 2.05) is 18.2 Å². The van der Waals surface area contributed by atoms with Gasteiger partial charge in [-0.3, -0.25) is 9.09 Å². The van der Waals surface area contributed by atoms with E-state index in [2.05, 4.69) is 10.1 Å². The van der Waals surface area contributed by atoms with Crippen molar-refractivity contribution in [1.82, 2.24) is 5.32 Å². The fraction of sp³-hybridized carbons (Fsp3) is 0.467. The molecule has 0 fully saturated rings. The molecular formula is C15H22NO7P. The van der Waals surface area contributed by atoms with Gasteiger partial charge in [-0.15, -0.1) is 0 Å². The fourth-order valence-electron chi connectivity index (χ4n) is 1.74. The van der Waals surface area contributed by atoms with Crippen LogP contribution in [0.5, 0.6) is 0 Å². The molecule has 24 heavy (non-hydrogen) atoms. The van der Waals surface area contributed by atoms with Crippen molar-refractivity contribution in [3.05, 3.63) is 35.9 Å². The zero-order valence-electron chi connectivity index (χ0n) is 14.1. The third-order valence-corrected chi connectivity index (χ3v) is 5.30. The lowest BCUT2D eigenvalue weighted by Crippen LogP contribution is -2.35. The minimum absolute atomic E-state index is 0.0656. The Kier molecular flexibility index (Phi) is 7.91.